The summed E-state index contributed by atoms with van der Waals surface area (Å²) in [6.45, 7) is 6.71. The Labute approximate surface area is 114 Å². The fourth-order valence-electron chi connectivity index (χ4n) is 2.62. The fourth-order valence-corrected chi connectivity index (χ4v) is 2.62. The van der Waals surface area contributed by atoms with Crippen molar-refractivity contribution in [3.8, 4) is 5.75 Å². The fraction of sp³-hybridized carbons (Fsp3) is 0.600. The van der Waals surface area contributed by atoms with Crippen LogP contribution < -0.4 is 4.74 Å². The van der Waals surface area contributed by atoms with Crippen LogP contribution in [-0.2, 0) is 11.3 Å². The molecular weight excluding hydrogens is 242 g/mol. The van der Waals surface area contributed by atoms with Crippen LogP contribution in [0.5, 0.6) is 5.75 Å². The summed E-state index contributed by atoms with van der Waals surface area (Å²) in [5.74, 6) is 0.874. The lowest BCUT2D eigenvalue weighted by Crippen LogP contribution is -2.53. The summed E-state index contributed by atoms with van der Waals surface area (Å²) < 4.78 is 11.0. The molecule has 1 heterocycles. The van der Waals surface area contributed by atoms with Crippen molar-refractivity contribution in [1.82, 2.24) is 4.90 Å². The average molecular weight is 265 g/mol. The lowest BCUT2D eigenvalue weighted by atomic mass is 10.0. The van der Waals surface area contributed by atoms with Crippen LogP contribution in [0.3, 0.4) is 0 Å². The monoisotopic (exact) mass is 265 g/mol. The number of nitrogens with zero attached hydrogens (tertiary/aromatic N) is 1. The number of aliphatic hydroxyl groups excluding tert-OH is 1. The van der Waals surface area contributed by atoms with Crippen LogP contribution in [0.15, 0.2) is 24.3 Å². The van der Waals surface area contributed by atoms with Crippen molar-refractivity contribution in [3.05, 3.63) is 29.8 Å². The first kappa shape index (κ1) is 14.3. The lowest BCUT2D eigenvalue weighted by Gasteiger charge is -2.42. The molecule has 2 rings (SSSR count). The molecule has 0 aliphatic carbocycles. The number of rotatable bonds is 4. The topological polar surface area (TPSA) is 41.9 Å². The van der Waals surface area contributed by atoms with E-state index in [2.05, 4.69) is 30.9 Å². The normalized spacial score (nSPS) is 23.3. The van der Waals surface area contributed by atoms with Gasteiger partial charge in [0.15, 0.2) is 0 Å². The summed E-state index contributed by atoms with van der Waals surface area (Å²) >= 11 is 0. The maximum atomic E-state index is 9.31. The second-order valence-electron chi connectivity index (χ2n) is 5.70. The molecule has 4 nitrogen and oxygen atoms in total. The van der Waals surface area contributed by atoms with Gasteiger partial charge in [0.25, 0.3) is 0 Å². The first-order valence-electron chi connectivity index (χ1n) is 6.66. The van der Waals surface area contributed by atoms with E-state index >= 15 is 0 Å². The molecule has 4 heteroatoms. The number of methoxy groups -OCH3 is 1. The minimum atomic E-state index is -0.210. The number of hydrogen-bond donors (Lipinski definition) is 1. The standard InChI is InChI=1S/C15H23NO3/c1-15(2)11-16(9-14(10-17)19-15)8-12-4-6-13(18-3)7-5-12/h4-7,14,17H,8-11H2,1-3H3. The Morgan fingerprint density at radius 1 is 1.37 bits per heavy atom. The molecule has 0 saturated carbocycles. The van der Waals surface area contributed by atoms with E-state index in [4.69, 9.17) is 9.47 Å². The van der Waals surface area contributed by atoms with Crippen molar-refractivity contribution in [2.45, 2.75) is 32.1 Å². The van der Waals surface area contributed by atoms with E-state index in [1.807, 2.05) is 12.1 Å². The maximum absolute atomic E-state index is 9.31. The van der Waals surface area contributed by atoms with E-state index in [9.17, 15) is 5.11 Å². The SMILES string of the molecule is COc1ccc(CN2CC(CO)OC(C)(C)C2)cc1. The maximum Gasteiger partial charge on any atom is 0.118 e. The molecular formula is C15H23NO3. The predicted octanol–water partition coefficient (Wildman–Crippen LogP) is 1.67. The number of aliphatic hydroxyl groups is 1. The smallest absolute Gasteiger partial charge is 0.118 e. The van der Waals surface area contributed by atoms with Crippen LogP contribution in [0, 0.1) is 0 Å². The van der Waals surface area contributed by atoms with Gasteiger partial charge >= 0.3 is 0 Å². The van der Waals surface area contributed by atoms with Crippen molar-refractivity contribution >= 4 is 0 Å². The predicted molar refractivity (Wildman–Crippen MR) is 74.3 cm³/mol. The van der Waals surface area contributed by atoms with Gasteiger partial charge in [-0.25, -0.2) is 0 Å². The van der Waals surface area contributed by atoms with Crippen LogP contribution in [0.25, 0.3) is 0 Å². The highest BCUT2D eigenvalue weighted by molar-refractivity contribution is 5.27. The number of morpholine rings is 1. The zero-order chi connectivity index (χ0) is 13.9. The van der Waals surface area contributed by atoms with Crippen LogP contribution in [-0.4, -0.2) is 48.5 Å². The molecule has 1 aromatic rings. The number of benzene rings is 1. The zero-order valence-electron chi connectivity index (χ0n) is 11.9. The van der Waals surface area contributed by atoms with Crippen LogP contribution in [0.4, 0.5) is 0 Å². The third-order valence-electron chi connectivity index (χ3n) is 3.32. The Bertz CT molecular complexity index is 402. The average Bonchev–Trinajstić information content (AvgIpc) is 2.37. The van der Waals surface area contributed by atoms with Crippen LogP contribution in [0.1, 0.15) is 19.4 Å². The molecule has 0 bridgehead atoms. The summed E-state index contributed by atoms with van der Waals surface area (Å²) in [6, 6.07) is 8.11. The summed E-state index contributed by atoms with van der Waals surface area (Å²) in [5, 5.41) is 9.31. The molecule has 1 atom stereocenters. The largest absolute Gasteiger partial charge is 0.497 e. The van der Waals surface area contributed by atoms with Gasteiger partial charge in [-0.2, -0.15) is 0 Å². The van der Waals surface area contributed by atoms with Crippen LogP contribution in [0.2, 0.25) is 0 Å². The molecule has 1 fully saturated rings. The summed E-state index contributed by atoms with van der Waals surface area (Å²) in [4.78, 5) is 2.33. The molecule has 1 aliphatic heterocycles. The highest BCUT2D eigenvalue weighted by atomic mass is 16.5. The third-order valence-corrected chi connectivity index (χ3v) is 3.32. The Kier molecular flexibility index (Phi) is 4.45. The molecule has 1 saturated heterocycles. The second-order valence-corrected chi connectivity index (χ2v) is 5.70. The first-order valence-corrected chi connectivity index (χ1v) is 6.66. The lowest BCUT2D eigenvalue weighted by molar-refractivity contribution is -0.150. The van der Waals surface area contributed by atoms with Gasteiger partial charge in [0.05, 0.1) is 25.4 Å². The van der Waals surface area contributed by atoms with Gasteiger partial charge < -0.3 is 14.6 Å². The third kappa shape index (κ3) is 3.93. The van der Waals surface area contributed by atoms with Gasteiger partial charge in [0.1, 0.15) is 5.75 Å². The zero-order valence-corrected chi connectivity index (χ0v) is 11.9. The van der Waals surface area contributed by atoms with Crippen molar-refractivity contribution in [1.29, 1.82) is 0 Å². The van der Waals surface area contributed by atoms with Gasteiger partial charge in [-0.1, -0.05) is 12.1 Å². The van der Waals surface area contributed by atoms with Crippen molar-refractivity contribution in [3.63, 3.8) is 0 Å². The van der Waals surface area contributed by atoms with Crippen molar-refractivity contribution in [2.24, 2.45) is 0 Å². The first-order chi connectivity index (χ1) is 9.02. The Hall–Kier alpha value is -1.10. The van der Waals surface area contributed by atoms with E-state index in [0.717, 1.165) is 25.4 Å². The summed E-state index contributed by atoms with van der Waals surface area (Å²) in [5.41, 5.74) is 1.04. The molecule has 1 aliphatic rings. The Balaban J connectivity index is 2.00. The van der Waals surface area contributed by atoms with Gasteiger partial charge in [0, 0.05) is 19.6 Å². The van der Waals surface area contributed by atoms with Crippen molar-refractivity contribution < 1.29 is 14.6 Å². The van der Waals surface area contributed by atoms with Gasteiger partial charge in [0.2, 0.25) is 0 Å². The van der Waals surface area contributed by atoms with E-state index in [-0.39, 0.29) is 18.3 Å². The molecule has 1 N–H and O–H groups in total. The van der Waals surface area contributed by atoms with Gasteiger partial charge in [-0.3, -0.25) is 4.90 Å². The molecule has 106 valence electrons. The minimum Gasteiger partial charge on any atom is -0.497 e. The van der Waals surface area contributed by atoms with Gasteiger partial charge in [-0.15, -0.1) is 0 Å². The summed E-state index contributed by atoms with van der Waals surface area (Å²) in [7, 11) is 1.67. The van der Waals surface area contributed by atoms with E-state index in [1.165, 1.54) is 5.56 Å². The molecule has 0 amide bonds. The van der Waals surface area contributed by atoms with Crippen LogP contribution >= 0.6 is 0 Å². The quantitative estimate of drug-likeness (QED) is 0.899. The minimum absolute atomic E-state index is 0.0720. The Morgan fingerprint density at radius 3 is 2.63 bits per heavy atom. The molecule has 1 aromatic carbocycles. The second kappa shape index (κ2) is 5.90. The molecule has 0 radical (unpaired) electrons. The van der Waals surface area contributed by atoms with Crippen molar-refractivity contribution in [2.75, 3.05) is 26.8 Å². The molecule has 1 unspecified atom stereocenters. The molecule has 19 heavy (non-hydrogen) atoms. The van der Waals surface area contributed by atoms with E-state index in [0.29, 0.717) is 0 Å². The molecule has 0 aromatic heterocycles. The van der Waals surface area contributed by atoms with E-state index < -0.39 is 0 Å². The van der Waals surface area contributed by atoms with E-state index in [1.54, 1.807) is 7.11 Å². The Morgan fingerprint density at radius 2 is 2.05 bits per heavy atom. The highest BCUT2D eigenvalue weighted by Gasteiger charge is 2.32. The van der Waals surface area contributed by atoms with Gasteiger partial charge in [-0.05, 0) is 31.5 Å². The molecule has 0 spiro atoms. The number of hydrogen-bond acceptors (Lipinski definition) is 4. The number of ether oxygens (including phenoxy) is 2. The highest BCUT2D eigenvalue weighted by Crippen LogP contribution is 2.23. The summed E-state index contributed by atoms with van der Waals surface area (Å²) in [6.07, 6.45) is -0.0954.